The Labute approximate surface area is 145 Å². The molecule has 0 bridgehead atoms. The molecule has 0 radical (unpaired) electrons. The highest BCUT2D eigenvalue weighted by Crippen LogP contribution is 2.31. The summed E-state index contributed by atoms with van der Waals surface area (Å²) in [7, 11) is 0. The standard InChI is InChI=1S/C19H19FN4O/c1-19(2,25)15-8-14(10-21-11-15)12-3-5-16-13(7-12)4-6-17-22-23-18(9-20)24(16)17/h3,5,7-8,10-11,25H,4,6,9H2,1-2H3. The smallest absolute Gasteiger partial charge is 0.169 e. The number of pyridine rings is 1. The molecule has 0 spiro atoms. The average molecular weight is 338 g/mol. The molecule has 6 heteroatoms. The molecule has 1 aliphatic heterocycles. The van der Waals surface area contributed by atoms with Crippen molar-refractivity contribution >= 4 is 0 Å². The average Bonchev–Trinajstić information content (AvgIpc) is 3.04. The molecule has 25 heavy (non-hydrogen) atoms. The zero-order valence-electron chi connectivity index (χ0n) is 14.2. The van der Waals surface area contributed by atoms with Crippen LogP contribution in [0.15, 0.2) is 36.7 Å². The Kier molecular flexibility index (Phi) is 3.65. The zero-order valence-corrected chi connectivity index (χ0v) is 14.2. The first kappa shape index (κ1) is 15.9. The van der Waals surface area contributed by atoms with Gasteiger partial charge in [-0.1, -0.05) is 6.07 Å². The topological polar surface area (TPSA) is 63.8 Å². The lowest BCUT2D eigenvalue weighted by Crippen LogP contribution is -2.16. The lowest BCUT2D eigenvalue weighted by molar-refractivity contribution is 0.0783. The van der Waals surface area contributed by atoms with E-state index in [1.165, 1.54) is 0 Å². The van der Waals surface area contributed by atoms with Gasteiger partial charge in [-0.25, -0.2) is 4.39 Å². The summed E-state index contributed by atoms with van der Waals surface area (Å²) < 4.78 is 15.0. The van der Waals surface area contributed by atoms with E-state index >= 15 is 0 Å². The first-order valence-corrected chi connectivity index (χ1v) is 8.28. The Morgan fingerprint density at radius 2 is 1.96 bits per heavy atom. The minimum atomic E-state index is -0.940. The number of fused-ring (bicyclic) bond motifs is 3. The Hall–Kier alpha value is -2.60. The van der Waals surface area contributed by atoms with Crippen molar-refractivity contribution < 1.29 is 9.50 Å². The third kappa shape index (κ3) is 2.72. The normalized spacial score (nSPS) is 13.4. The van der Waals surface area contributed by atoms with Crippen LogP contribution in [0, 0.1) is 0 Å². The lowest BCUT2D eigenvalue weighted by atomic mass is 9.94. The molecule has 3 aromatic rings. The molecular formula is C19H19FN4O. The molecule has 128 valence electrons. The predicted octanol–water partition coefficient (Wildman–Crippen LogP) is 3.12. The summed E-state index contributed by atoms with van der Waals surface area (Å²) in [4.78, 5) is 4.26. The molecule has 3 heterocycles. The van der Waals surface area contributed by atoms with Crippen LogP contribution in [0.25, 0.3) is 16.8 Å². The molecule has 0 fully saturated rings. The Morgan fingerprint density at radius 3 is 2.72 bits per heavy atom. The highest BCUT2D eigenvalue weighted by molar-refractivity contribution is 5.67. The van der Waals surface area contributed by atoms with Gasteiger partial charge in [-0.15, -0.1) is 10.2 Å². The van der Waals surface area contributed by atoms with Crippen molar-refractivity contribution in [1.82, 2.24) is 19.7 Å². The van der Waals surface area contributed by atoms with E-state index in [0.29, 0.717) is 5.82 Å². The number of alkyl halides is 1. The van der Waals surface area contributed by atoms with Gasteiger partial charge in [0.1, 0.15) is 12.5 Å². The summed E-state index contributed by atoms with van der Waals surface area (Å²) in [6.45, 7) is 2.85. The van der Waals surface area contributed by atoms with E-state index in [1.54, 1.807) is 26.2 Å². The van der Waals surface area contributed by atoms with E-state index < -0.39 is 12.3 Å². The van der Waals surface area contributed by atoms with Gasteiger partial charge in [0, 0.05) is 29.9 Å². The Bertz CT molecular complexity index is 929. The second-order valence-electron chi connectivity index (χ2n) is 6.87. The third-order valence-corrected chi connectivity index (χ3v) is 4.63. The summed E-state index contributed by atoms with van der Waals surface area (Å²) >= 11 is 0. The van der Waals surface area contributed by atoms with Crippen molar-refractivity contribution in [2.24, 2.45) is 0 Å². The van der Waals surface area contributed by atoms with Crippen LogP contribution in [0.2, 0.25) is 0 Å². The van der Waals surface area contributed by atoms with Crippen LogP contribution in [-0.4, -0.2) is 24.9 Å². The Morgan fingerprint density at radius 1 is 1.12 bits per heavy atom. The van der Waals surface area contributed by atoms with Gasteiger partial charge in [0.15, 0.2) is 5.82 Å². The minimum Gasteiger partial charge on any atom is -0.386 e. The number of benzene rings is 1. The van der Waals surface area contributed by atoms with E-state index in [1.807, 2.05) is 22.8 Å². The van der Waals surface area contributed by atoms with Gasteiger partial charge in [0.2, 0.25) is 0 Å². The van der Waals surface area contributed by atoms with Gasteiger partial charge >= 0.3 is 0 Å². The van der Waals surface area contributed by atoms with Crippen molar-refractivity contribution in [3.05, 3.63) is 59.4 Å². The number of halogens is 1. The molecule has 0 unspecified atom stereocenters. The molecule has 1 aromatic carbocycles. The molecule has 0 amide bonds. The van der Waals surface area contributed by atoms with Crippen molar-refractivity contribution in [3.8, 4) is 16.8 Å². The van der Waals surface area contributed by atoms with Crippen LogP contribution in [0.5, 0.6) is 0 Å². The molecule has 0 atom stereocenters. The summed E-state index contributed by atoms with van der Waals surface area (Å²) in [6, 6.07) is 8.02. The summed E-state index contributed by atoms with van der Waals surface area (Å²) in [5.74, 6) is 1.15. The van der Waals surface area contributed by atoms with Gasteiger partial charge in [0.25, 0.3) is 0 Å². The quantitative estimate of drug-likeness (QED) is 0.797. The van der Waals surface area contributed by atoms with Crippen molar-refractivity contribution in [3.63, 3.8) is 0 Å². The molecule has 0 saturated heterocycles. The molecule has 0 saturated carbocycles. The predicted molar refractivity (Wildman–Crippen MR) is 92.1 cm³/mol. The zero-order chi connectivity index (χ0) is 17.6. The van der Waals surface area contributed by atoms with Crippen molar-refractivity contribution in [2.75, 3.05) is 0 Å². The van der Waals surface area contributed by atoms with E-state index in [-0.39, 0.29) is 0 Å². The first-order valence-electron chi connectivity index (χ1n) is 8.28. The van der Waals surface area contributed by atoms with Crippen molar-refractivity contribution in [1.29, 1.82) is 0 Å². The third-order valence-electron chi connectivity index (χ3n) is 4.63. The van der Waals surface area contributed by atoms with Crippen LogP contribution in [0.1, 0.15) is 36.6 Å². The maximum atomic E-state index is 13.2. The molecule has 5 nitrogen and oxygen atoms in total. The largest absolute Gasteiger partial charge is 0.386 e. The molecular weight excluding hydrogens is 319 g/mol. The van der Waals surface area contributed by atoms with Crippen LogP contribution in [0.4, 0.5) is 4.39 Å². The fourth-order valence-electron chi connectivity index (χ4n) is 3.24. The number of hydrogen-bond donors (Lipinski definition) is 1. The minimum absolute atomic E-state index is 0.342. The number of hydrogen-bond acceptors (Lipinski definition) is 4. The summed E-state index contributed by atoms with van der Waals surface area (Å²) in [5, 5.41) is 18.2. The maximum Gasteiger partial charge on any atom is 0.169 e. The van der Waals surface area contributed by atoms with Crippen LogP contribution >= 0.6 is 0 Å². The van der Waals surface area contributed by atoms with Crippen LogP contribution in [-0.2, 0) is 25.1 Å². The van der Waals surface area contributed by atoms with Gasteiger partial charge in [-0.05, 0) is 49.6 Å². The van der Waals surface area contributed by atoms with Gasteiger partial charge in [-0.2, -0.15) is 0 Å². The van der Waals surface area contributed by atoms with Crippen LogP contribution < -0.4 is 0 Å². The second-order valence-corrected chi connectivity index (χ2v) is 6.87. The highest BCUT2D eigenvalue weighted by Gasteiger charge is 2.22. The SMILES string of the molecule is CC(C)(O)c1cncc(-c2ccc3c(c2)CCc2nnc(CF)n2-3)c1. The highest BCUT2D eigenvalue weighted by atomic mass is 19.1. The summed E-state index contributed by atoms with van der Waals surface area (Å²) in [5.41, 5.74) is 3.87. The Balaban J connectivity index is 1.79. The van der Waals surface area contributed by atoms with Gasteiger partial charge in [-0.3, -0.25) is 9.55 Å². The van der Waals surface area contributed by atoms with E-state index in [0.717, 1.165) is 46.6 Å². The lowest BCUT2D eigenvalue weighted by Gasteiger charge is -2.21. The van der Waals surface area contributed by atoms with Crippen molar-refractivity contribution in [2.45, 2.75) is 39.0 Å². The number of aliphatic hydroxyl groups is 1. The summed E-state index contributed by atoms with van der Waals surface area (Å²) in [6.07, 6.45) is 5.05. The van der Waals surface area contributed by atoms with Gasteiger partial charge < -0.3 is 5.11 Å². The molecule has 4 rings (SSSR count). The molecule has 2 aromatic heterocycles. The number of aromatic nitrogens is 4. The maximum absolute atomic E-state index is 13.2. The fourth-order valence-corrected chi connectivity index (χ4v) is 3.24. The van der Waals surface area contributed by atoms with Gasteiger partial charge in [0.05, 0.1) is 11.3 Å². The number of nitrogens with zero attached hydrogens (tertiary/aromatic N) is 4. The fraction of sp³-hybridized carbons (Fsp3) is 0.316. The molecule has 1 aliphatic rings. The second kappa shape index (κ2) is 5.74. The van der Waals surface area contributed by atoms with E-state index in [9.17, 15) is 9.50 Å². The first-order chi connectivity index (χ1) is 12.0. The molecule has 1 N–H and O–H groups in total. The van der Waals surface area contributed by atoms with Crippen LogP contribution in [0.3, 0.4) is 0 Å². The monoisotopic (exact) mass is 338 g/mol. The van der Waals surface area contributed by atoms with E-state index in [2.05, 4.69) is 21.2 Å². The van der Waals surface area contributed by atoms with E-state index in [4.69, 9.17) is 0 Å². The molecule has 0 aliphatic carbocycles. The number of aryl methyl sites for hydroxylation is 2. The number of rotatable bonds is 3.